The smallest absolute Gasteiger partial charge is 0.137 e. The predicted octanol–water partition coefficient (Wildman–Crippen LogP) is 1.76. The van der Waals surface area contributed by atoms with Crippen LogP contribution >= 0.6 is 12.6 Å². The molecule has 0 bridgehead atoms. The van der Waals surface area contributed by atoms with Gasteiger partial charge in [-0.15, -0.1) is 0 Å². The van der Waals surface area contributed by atoms with Crippen LogP contribution in [0.1, 0.15) is 12.5 Å². The van der Waals surface area contributed by atoms with Gasteiger partial charge in [-0.1, -0.05) is 13.0 Å². The second-order valence-electron chi connectivity index (χ2n) is 4.32. The van der Waals surface area contributed by atoms with Crippen LogP contribution in [0.5, 0.6) is 0 Å². The number of hydrogen-bond donors (Lipinski definition) is 2. The van der Waals surface area contributed by atoms with Crippen LogP contribution in [0.2, 0.25) is 0 Å². The molecule has 19 heavy (non-hydrogen) atoms. The summed E-state index contributed by atoms with van der Waals surface area (Å²) in [6, 6.07) is 3.05. The third-order valence-corrected chi connectivity index (χ3v) is 3.39. The highest BCUT2D eigenvalue weighted by Crippen LogP contribution is 2.32. The average Bonchev–Trinajstić information content (AvgIpc) is 2.81. The van der Waals surface area contributed by atoms with Gasteiger partial charge in [0.15, 0.2) is 0 Å². The number of halogens is 2. The van der Waals surface area contributed by atoms with Gasteiger partial charge >= 0.3 is 0 Å². The summed E-state index contributed by atoms with van der Waals surface area (Å²) in [6.45, 7) is 1.60. The predicted molar refractivity (Wildman–Crippen MR) is 68.7 cm³/mol. The van der Waals surface area contributed by atoms with Gasteiger partial charge in [0.05, 0.1) is 6.54 Å². The van der Waals surface area contributed by atoms with Gasteiger partial charge < -0.3 is 5.11 Å². The Bertz CT molecular complexity index is 562. The van der Waals surface area contributed by atoms with Gasteiger partial charge in [-0.05, 0) is 6.07 Å². The number of benzene rings is 1. The molecule has 0 aliphatic carbocycles. The Labute approximate surface area is 114 Å². The summed E-state index contributed by atoms with van der Waals surface area (Å²) in [4.78, 5) is 3.76. The van der Waals surface area contributed by atoms with Crippen molar-refractivity contribution >= 4 is 12.6 Å². The number of aromatic nitrogens is 3. The average molecular weight is 285 g/mol. The van der Waals surface area contributed by atoms with Crippen molar-refractivity contribution in [3.63, 3.8) is 0 Å². The molecule has 2 atom stereocenters. The summed E-state index contributed by atoms with van der Waals surface area (Å²) >= 11 is 4.20. The molecule has 4 nitrogen and oxygen atoms in total. The lowest BCUT2D eigenvalue weighted by Gasteiger charge is -2.32. The maximum Gasteiger partial charge on any atom is 0.137 e. The number of hydrogen-bond acceptors (Lipinski definition) is 4. The van der Waals surface area contributed by atoms with Gasteiger partial charge in [-0.25, -0.2) is 18.4 Å². The van der Waals surface area contributed by atoms with Gasteiger partial charge in [0.1, 0.15) is 29.9 Å². The van der Waals surface area contributed by atoms with Crippen molar-refractivity contribution in [3.8, 4) is 0 Å². The zero-order valence-corrected chi connectivity index (χ0v) is 11.1. The van der Waals surface area contributed by atoms with Crippen molar-refractivity contribution < 1.29 is 13.9 Å². The molecule has 2 rings (SSSR count). The summed E-state index contributed by atoms with van der Waals surface area (Å²) < 4.78 is 28.2. The Balaban J connectivity index is 2.43. The highest BCUT2D eigenvalue weighted by Gasteiger charge is 2.37. The minimum atomic E-state index is -1.62. The first-order valence-corrected chi connectivity index (χ1v) is 6.13. The van der Waals surface area contributed by atoms with Crippen molar-refractivity contribution in [1.82, 2.24) is 14.8 Å². The summed E-state index contributed by atoms with van der Waals surface area (Å²) in [5, 5.41) is 14.0. The van der Waals surface area contributed by atoms with Crippen LogP contribution in [0.25, 0.3) is 0 Å². The molecule has 2 aromatic rings. The first-order valence-electron chi connectivity index (χ1n) is 5.62. The molecule has 0 radical (unpaired) electrons. The van der Waals surface area contributed by atoms with Crippen LogP contribution in [0.3, 0.4) is 0 Å². The minimum absolute atomic E-state index is 0.0214. The molecule has 0 amide bonds. The first kappa shape index (κ1) is 14.0. The molecule has 102 valence electrons. The summed E-state index contributed by atoms with van der Waals surface area (Å²) in [7, 11) is 0. The Morgan fingerprint density at radius 3 is 2.74 bits per heavy atom. The largest absolute Gasteiger partial charge is 0.382 e. The third kappa shape index (κ3) is 2.76. The number of aliphatic hydroxyl groups is 1. The molecule has 7 heteroatoms. The molecule has 1 aromatic heterocycles. The van der Waals surface area contributed by atoms with Crippen LogP contribution in [0, 0.1) is 11.6 Å². The highest BCUT2D eigenvalue weighted by molar-refractivity contribution is 7.81. The summed E-state index contributed by atoms with van der Waals surface area (Å²) in [6.07, 6.45) is 2.72. The van der Waals surface area contributed by atoms with Crippen molar-refractivity contribution in [2.45, 2.75) is 24.3 Å². The minimum Gasteiger partial charge on any atom is -0.382 e. The monoisotopic (exact) mass is 285 g/mol. The van der Waals surface area contributed by atoms with Crippen LogP contribution in [0.4, 0.5) is 8.78 Å². The number of thiol groups is 1. The van der Waals surface area contributed by atoms with E-state index in [-0.39, 0.29) is 12.1 Å². The van der Waals surface area contributed by atoms with E-state index in [0.717, 1.165) is 12.1 Å². The second kappa shape index (κ2) is 5.26. The van der Waals surface area contributed by atoms with Crippen LogP contribution in [0.15, 0.2) is 30.9 Å². The molecule has 1 heterocycles. The van der Waals surface area contributed by atoms with E-state index in [1.54, 1.807) is 6.92 Å². The zero-order chi connectivity index (χ0) is 14.0. The van der Waals surface area contributed by atoms with Crippen LogP contribution in [-0.4, -0.2) is 25.1 Å². The topological polar surface area (TPSA) is 50.9 Å². The molecular weight excluding hydrogens is 272 g/mol. The van der Waals surface area contributed by atoms with E-state index in [2.05, 4.69) is 22.7 Å². The standard InChI is InChI=1S/C12H13F2N3OS/c1-8(19)12(18,5-17-7-15-6-16-17)10-3-2-9(13)4-11(10)14/h2-4,6-8,18-19H,5H2,1H3/t8-,12+/m1/s1. The summed E-state index contributed by atoms with van der Waals surface area (Å²) in [5.41, 5.74) is -1.64. The molecule has 0 saturated carbocycles. The Kier molecular flexibility index (Phi) is 3.86. The molecule has 0 unspecified atom stereocenters. The fourth-order valence-electron chi connectivity index (χ4n) is 1.84. The third-order valence-electron chi connectivity index (χ3n) is 2.96. The van der Waals surface area contributed by atoms with Crippen LogP contribution < -0.4 is 0 Å². The number of nitrogens with zero attached hydrogens (tertiary/aromatic N) is 3. The Morgan fingerprint density at radius 2 is 2.21 bits per heavy atom. The normalized spacial score (nSPS) is 16.1. The van der Waals surface area contributed by atoms with Crippen molar-refractivity contribution in [2.24, 2.45) is 0 Å². The van der Waals surface area contributed by atoms with Gasteiger partial charge in [0.25, 0.3) is 0 Å². The second-order valence-corrected chi connectivity index (χ2v) is 5.09. The fraction of sp³-hybridized carbons (Fsp3) is 0.333. The first-order chi connectivity index (χ1) is 8.93. The zero-order valence-electron chi connectivity index (χ0n) is 10.2. The van der Waals surface area contributed by atoms with E-state index < -0.39 is 22.5 Å². The maximum absolute atomic E-state index is 13.9. The van der Waals surface area contributed by atoms with E-state index in [0.29, 0.717) is 0 Å². The van der Waals surface area contributed by atoms with Crippen LogP contribution in [-0.2, 0) is 12.1 Å². The Morgan fingerprint density at radius 1 is 1.47 bits per heavy atom. The van der Waals surface area contributed by atoms with Gasteiger partial charge in [0, 0.05) is 16.9 Å². The number of rotatable bonds is 4. The van der Waals surface area contributed by atoms with Gasteiger partial charge in [-0.2, -0.15) is 17.7 Å². The van der Waals surface area contributed by atoms with E-state index in [1.807, 2.05) is 0 Å². The molecule has 1 aromatic carbocycles. The lowest BCUT2D eigenvalue weighted by molar-refractivity contribution is 0.0138. The Hall–Kier alpha value is -1.47. The van der Waals surface area contributed by atoms with E-state index >= 15 is 0 Å². The van der Waals surface area contributed by atoms with E-state index in [4.69, 9.17) is 0 Å². The molecule has 0 aliphatic heterocycles. The summed E-state index contributed by atoms with van der Waals surface area (Å²) in [5.74, 6) is -1.51. The molecular formula is C12H13F2N3OS. The van der Waals surface area contributed by atoms with Crippen molar-refractivity contribution in [1.29, 1.82) is 0 Å². The molecule has 0 aliphatic rings. The highest BCUT2D eigenvalue weighted by atomic mass is 32.1. The van der Waals surface area contributed by atoms with E-state index in [9.17, 15) is 13.9 Å². The quantitative estimate of drug-likeness (QED) is 0.842. The van der Waals surface area contributed by atoms with Gasteiger partial charge in [-0.3, -0.25) is 0 Å². The SMILES string of the molecule is C[C@@H](S)[C@@](O)(Cn1cncn1)c1ccc(F)cc1F. The molecule has 1 N–H and O–H groups in total. The van der Waals surface area contributed by atoms with Crippen molar-refractivity contribution in [2.75, 3.05) is 0 Å². The molecule has 0 fully saturated rings. The lowest BCUT2D eigenvalue weighted by Crippen LogP contribution is -2.40. The lowest BCUT2D eigenvalue weighted by atomic mass is 9.90. The van der Waals surface area contributed by atoms with Crippen molar-refractivity contribution in [3.05, 3.63) is 48.1 Å². The maximum atomic E-state index is 13.9. The van der Waals surface area contributed by atoms with E-state index in [1.165, 1.54) is 23.4 Å². The van der Waals surface area contributed by atoms with Gasteiger partial charge in [0.2, 0.25) is 0 Å². The molecule has 0 saturated heterocycles. The fourth-order valence-corrected chi connectivity index (χ4v) is 2.06. The molecule has 0 spiro atoms.